The molecule has 0 spiro atoms. The van der Waals surface area contributed by atoms with Crippen LogP contribution in [0.4, 0.5) is 0 Å². The number of amides is 1. The van der Waals surface area contributed by atoms with Gasteiger partial charge in [0.25, 0.3) is 5.91 Å². The fourth-order valence-corrected chi connectivity index (χ4v) is 3.89. The van der Waals surface area contributed by atoms with Crippen LogP contribution < -0.4 is 0 Å². The van der Waals surface area contributed by atoms with Crippen molar-refractivity contribution in [1.82, 2.24) is 24.4 Å². The Bertz CT molecular complexity index is 972. The maximum atomic E-state index is 12.7. The summed E-state index contributed by atoms with van der Waals surface area (Å²) in [5.74, 6) is 1.22. The summed E-state index contributed by atoms with van der Waals surface area (Å²) in [6, 6.07) is 14.2. The number of hydrogen-bond acceptors (Lipinski definition) is 5. The molecule has 1 atom stereocenters. The van der Waals surface area contributed by atoms with Crippen molar-refractivity contribution in [2.75, 3.05) is 40.4 Å². The molecule has 1 saturated heterocycles. The molecule has 1 amide bonds. The number of aromatic nitrogens is 3. The number of fused-ring (bicyclic) bond motifs is 1. The van der Waals surface area contributed by atoms with Crippen molar-refractivity contribution in [2.45, 2.75) is 18.9 Å². The third kappa shape index (κ3) is 4.31. The summed E-state index contributed by atoms with van der Waals surface area (Å²) in [4.78, 5) is 16.8. The highest BCUT2D eigenvalue weighted by Gasteiger charge is 2.28. The molecule has 1 fully saturated rings. The second-order valence-electron chi connectivity index (χ2n) is 7.63. The quantitative estimate of drug-likeness (QED) is 0.617. The van der Waals surface area contributed by atoms with E-state index in [9.17, 15) is 4.79 Å². The number of benzene rings is 1. The largest absolute Gasteiger partial charge is 0.383 e. The molecule has 3 aromatic rings. The van der Waals surface area contributed by atoms with Gasteiger partial charge in [0.1, 0.15) is 5.82 Å². The van der Waals surface area contributed by atoms with Gasteiger partial charge in [-0.05, 0) is 30.7 Å². The van der Waals surface area contributed by atoms with Crippen LogP contribution in [0.1, 0.15) is 34.1 Å². The predicted molar refractivity (Wildman–Crippen MR) is 111 cm³/mol. The Morgan fingerprint density at radius 2 is 2.03 bits per heavy atom. The zero-order valence-corrected chi connectivity index (χ0v) is 17.0. The van der Waals surface area contributed by atoms with E-state index < -0.39 is 0 Å². The molecule has 0 aliphatic carbocycles. The van der Waals surface area contributed by atoms with Crippen LogP contribution in [0.3, 0.4) is 0 Å². The van der Waals surface area contributed by atoms with E-state index >= 15 is 0 Å². The minimum atomic E-state index is -0.0271. The normalized spacial score (nSPS) is 17.1. The Labute approximate surface area is 170 Å². The summed E-state index contributed by atoms with van der Waals surface area (Å²) >= 11 is 0. The van der Waals surface area contributed by atoms with E-state index in [0.29, 0.717) is 24.6 Å². The first-order valence-electron chi connectivity index (χ1n) is 10.0. The van der Waals surface area contributed by atoms with Gasteiger partial charge in [-0.25, -0.2) is 0 Å². The van der Waals surface area contributed by atoms with Gasteiger partial charge in [-0.3, -0.25) is 14.1 Å². The fourth-order valence-electron chi connectivity index (χ4n) is 3.89. The number of nitrogens with zero attached hydrogens (tertiary/aromatic N) is 5. The molecule has 29 heavy (non-hydrogen) atoms. The van der Waals surface area contributed by atoms with E-state index in [1.54, 1.807) is 19.1 Å². The molecule has 1 aliphatic heterocycles. The van der Waals surface area contributed by atoms with Crippen LogP contribution in [0.5, 0.6) is 0 Å². The molecule has 0 bridgehead atoms. The lowest BCUT2D eigenvalue weighted by Gasteiger charge is -2.17. The lowest BCUT2D eigenvalue weighted by molar-refractivity contribution is 0.0743. The first kappa shape index (κ1) is 19.5. The SMILES string of the molecule is COCCN(C)C(=O)c1ccc2nnc(C3CCN(Cc4ccccc4)C3)n2c1. The molecule has 1 aliphatic rings. The summed E-state index contributed by atoms with van der Waals surface area (Å²) in [5.41, 5.74) is 2.74. The standard InChI is InChI=1S/C22H27N5O2/c1-25(12-13-29-2)22(28)19-8-9-20-23-24-21(27(20)16-19)18-10-11-26(15-18)14-17-6-4-3-5-7-17/h3-9,16,18H,10-15H2,1-2H3. The van der Waals surface area contributed by atoms with Crippen molar-refractivity contribution in [3.63, 3.8) is 0 Å². The predicted octanol–water partition coefficient (Wildman–Crippen LogP) is 2.44. The van der Waals surface area contributed by atoms with Crippen molar-refractivity contribution >= 4 is 11.6 Å². The molecule has 0 saturated carbocycles. The minimum absolute atomic E-state index is 0.0271. The van der Waals surface area contributed by atoms with Crippen molar-refractivity contribution in [3.8, 4) is 0 Å². The van der Waals surface area contributed by atoms with Crippen LogP contribution in [0, 0.1) is 0 Å². The Morgan fingerprint density at radius 1 is 1.21 bits per heavy atom. The second kappa shape index (κ2) is 8.71. The van der Waals surface area contributed by atoms with Gasteiger partial charge in [0.05, 0.1) is 12.2 Å². The number of hydrogen-bond donors (Lipinski definition) is 0. The average Bonchev–Trinajstić information content (AvgIpc) is 3.38. The zero-order chi connectivity index (χ0) is 20.2. The van der Waals surface area contributed by atoms with E-state index in [4.69, 9.17) is 4.74 Å². The van der Waals surface area contributed by atoms with Crippen LogP contribution in [-0.4, -0.2) is 70.7 Å². The van der Waals surface area contributed by atoms with Gasteiger partial charge < -0.3 is 9.64 Å². The first-order chi connectivity index (χ1) is 14.2. The molecular formula is C22H27N5O2. The molecule has 7 heteroatoms. The second-order valence-corrected chi connectivity index (χ2v) is 7.63. The van der Waals surface area contributed by atoms with Crippen molar-refractivity contribution in [1.29, 1.82) is 0 Å². The van der Waals surface area contributed by atoms with Crippen molar-refractivity contribution < 1.29 is 9.53 Å². The average molecular weight is 393 g/mol. The topological polar surface area (TPSA) is 63.0 Å². The molecule has 4 rings (SSSR count). The van der Waals surface area contributed by atoms with Crippen LogP contribution >= 0.6 is 0 Å². The number of likely N-dealkylation sites (N-methyl/N-ethyl adjacent to an activating group) is 1. The summed E-state index contributed by atoms with van der Waals surface area (Å²) in [6.07, 6.45) is 2.91. The van der Waals surface area contributed by atoms with E-state index in [-0.39, 0.29) is 5.91 Å². The number of ether oxygens (including phenoxy) is 1. The Balaban J connectivity index is 1.50. The van der Waals surface area contributed by atoms with Gasteiger partial charge in [-0.2, -0.15) is 0 Å². The third-order valence-electron chi connectivity index (χ3n) is 5.54. The molecular weight excluding hydrogens is 366 g/mol. The van der Waals surface area contributed by atoms with Gasteiger partial charge in [-0.15, -0.1) is 10.2 Å². The highest BCUT2D eigenvalue weighted by atomic mass is 16.5. The van der Waals surface area contributed by atoms with Gasteiger partial charge in [-0.1, -0.05) is 30.3 Å². The summed E-state index contributed by atoms with van der Waals surface area (Å²) in [7, 11) is 3.42. The minimum Gasteiger partial charge on any atom is -0.383 e. The number of carbonyl (C=O) groups is 1. The Kier molecular flexibility index (Phi) is 5.87. The third-order valence-corrected chi connectivity index (χ3v) is 5.54. The smallest absolute Gasteiger partial charge is 0.255 e. The summed E-state index contributed by atoms with van der Waals surface area (Å²) in [5, 5.41) is 8.77. The van der Waals surface area contributed by atoms with Gasteiger partial charge in [0.15, 0.2) is 5.65 Å². The maximum absolute atomic E-state index is 12.7. The maximum Gasteiger partial charge on any atom is 0.255 e. The molecule has 2 aromatic heterocycles. The first-order valence-corrected chi connectivity index (χ1v) is 10.0. The Hall–Kier alpha value is -2.77. The Morgan fingerprint density at radius 3 is 2.83 bits per heavy atom. The fraction of sp³-hybridized carbons (Fsp3) is 0.409. The molecule has 0 radical (unpaired) electrons. The number of rotatable bonds is 7. The molecule has 7 nitrogen and oxygen atoms in total. The van der Waals surface area contributed by atoms with Gasteiger partial charge >= 0.3 is 0 Å². The molecule has 3 heterocycles. The van der Waals surface area contributed by atoms with E-state index in [0.717, 1.165) is 37.5 Å². The van der Waals surface area contributed by atoms with Crippen molar-refractivity contribution in [3.05, 3.63) is 65.6 Å². The number of likely N-dealkylation sites (tertiary alicyclic amines) is 1. The zero-order valence-electron chi connectivity index (χ0n) is 17.0. The van der Waals surface area contributed by atoms with Crippen LogP contribution in [0.25, 0.3) is 5.65 Å². The molecule has 152 valence electrons. The van der Waals surface area contributed by atoms with E-state index in [1.165, 1.54) is 5.56 Å². The lowest BCUT2D eigenvalue weighted by atomic mass is 10.1. The van der Waals surface area contributed by atoms with Crippen LogP contribution in [0.15, 0.2) is 48.7 Å². The number of pyridine rings is 1. The number of carbonyl (C=O) groups excluding carboxylic acids is 1. The monoisotopic (exact) mass is 393 g/mol. The van der Waals surface area contributed by atoms with E-state index in [2.05, 4.69) is 39.4 Å². The van der Waals surface area contributed by atoms with Crippen molar-refractivity contribution in [2.24, 2.45) is 0 Å². The summed E-state index contributed by atoms with van der Waals surface area (Å²) < 4.78 is 7.05. The van der Waals surface area contributed by atoms with E-state index in [1.807, 2.05) is 28.8 Å². The molecule has 1 aromatic carbocycles. The van der Waals surface area contributed by atoms with Crippen LogP contribution in [0.2, 0.25) is 0 Å². The number of methoxy groups -OCH3 is 1. The van der Waals surface area contributed by atoms with Gasteiger partial charge in [0.2, 0.25) is 0 Å². The summed E-state index contributed by atoms with van der Waals surface area (Å²) in [6.45, 7) is 4.00. The van der Waals surface area contributed by atoms with Crippen LogP contribution in [-0.2, 0) is 11.3 Å². The molecule has 1 unspecified atom stereocenters. The lowest BCUT2D eigenvalue weighted by Crippen LogP contribution is -2.30. The highest BCUT2D eigenvalue weighted by molar-refractivity contribution is 5.94. The van der Waals surface area contributed by atoms with Gasteiger partial charge in [0, 0.05) is 45.9 Å². The highest BCUT2D eigenvalue weighted by Crippen LogP contribution is 2.27. The molecule has 0 N–H and O–H groups in total.